The van der Waals surface area contributed by atoms with Crippen molar-refractivity contribution in [3.05, 3.63) is 54.5 Å². The molecule has 0 atom stereocenters. The summed E-state index contributed by atoms with van der Waals surface area (Å²) < 4.78 is 28.1. The third-order valence-corrected chi connectivity index (χ3v) is 6.91. The van der Waals surface area contributed by atoms with E-state index >= 15 is 0 Å². The number of rotatable bonds is 8. The van der Waals surface area contributed by atoms with Crippen molar-refractivity contribution >= 4 is 21.8 Å². The van der Waals surface area contributed by atoms with Gasteiger partial charge in [-0.2, -0.15) is 8.99 Å². The minimum absolute atomic E-state index is 0.199. The van der Waals surface area contributed by atoms with E-state index in [9.17, 15) is 8.42 Å². The summed E-state index contributed by atoms with van der Waals surface area (Å²) >= 11 is 1.44. The molecule has 2 aromatic heterocycles. The van der Waals surface area contributed by atoms with Crippen LogP contribution < -0.4 is 0 Å². The van der Waals surface area contributed by atoms with Crippen LogP contribution in [0.2, 0.25) is 0 Å². The van der Waals surface area contributed by atoms with Crippen molar-refractivity contribution < 1.29 is 8.42 Å². The molecule has 0 saturated carbocycles. The molecule has 0 amide bonds. The van der Waals surface area contributed by atoms with Crippen LogP contribution >= 0.6 is 11.8 Å². The van der Waals surface area contributed by atoms with Gasteiger partial charge in [-0.3, -0.25) is 0 Å². The molecule has 8 nitrogen and oxygen atoms in total. The molecule has 0 N–H and O–H groups in total. The highest BCUT2D eigenvalue weighted by molar-refractivity contribution is 7.98. The lowest BCUT2D eigenvalue weighted by Crippen LogP contribution is -2.30. The molecule has 0 aliphatic rings. The van der Waals surface area contributed by atoms with Crippen molar-refractivity contribution in [2.45, 2.75) is 29.5 Å². The van der Waals surface area contributed by atoms with Gasteiger partial charge in [-0.25, -0.2) is 13.4 Å². The number of hydrogen-bond acceptors (Lipinski definition) is 7. The highest BCUT2D eigenvalue weighted by Gasteiger charge is 2.21. The molecule has 0 unspecified atom stereocenters. The van der Waals surface area contributed by atoms with E-state index in [0.717, 1.165) is 5.69 Å². The van der Waals surface area contributed by atoms with Gasteiger partial charge in [-0.15, -0.1) is 5.10 Å². The van der Waals surface area contributed by atoms with Crippen LogP contribution in [0.1, 0.15) is 19.7 Å². The third kappa shape index (κ3) is 4.34. The number of para-hydroxylation sites is 1. The van der Waals surface area contributed by atoms with Gasteiger partial charge in [0, 0.05) is 19.3 Å². The average Bonchev–Trinajstić information content (AvgIpc) is 3.17. The topological polar surface area (TPSA) is 93.9 Å². The van der Waals surface area contributed by atoms with E-state index in [0.29, 0.717) is 29.7 Å². The Balaban J connectivity index is 1.71. The zero-order chi connectivity index (χ0) is 19.3. The lowest BCUT2D eigenvalue weighted by atomic mass is 10.3. The molecular weight excluding hydrogens is 384 g/mol. The maximum absolute atomic E-state index is 12.5. The van der Waals surface area contributed by atoms with Crippen molar-refractivity contribution in [3.63, 3.8) is 0 Å². The van der Waals surface area contributed by atoms with Crippen LogP contribution in [0.15, 0.2) is 58.6 Å². The number of sulfonamides is 1. The smallest absolute Gasteiger partial charge is 0.244 e. The zero-order valence-corrected chi connectivity index (χ0v) is 16.7. The van der Waals surface area contributed by atoms with E-state index in [1.54, 1.807) is 16.8 Å². The molecule has 0 spiro atoms. The van der Waals surface area contributed by atoms with E-state index in [1.165, 1.54) is 22.3 Å². The fraction of sp³-hybridized carbons (Fsp3) is 0.294. The number of nitrogens with zero attached hydrogens (tertiary/aromatic N) is 6. The lowest BCUT2D eigenvalue weighted by molar-refractivity contribution is 0.445. The quantitative estimate of drug-likeness (QED) is 0.532. The molecule has 1 aromatic carbocycles. The standard InChI is InChI=1S/C17H20N6O2S2/c1-3-22(4-2)27(24,25)15-10-11-17(18-12-15)26-13-16-19-20-21-23(16)14-8-6-5-7-9-14/h5-12H,3-4,13H2,1-2H3. The second-order valence-corrected chi connectivity index (χ2v) is 8.49. The number of thioether (sulfide) groups is 1. The molecule has 0 aliphatic heterocycles. The Hall–Kier alpha value is -2.30. The van der Waals surface area contributed by atoms with Crippen LogP contribution in [0.5, 0.6) is 0 Å². The summed E-state index contributed by atoms with van der Waals surface area (Å²) in [7, 11) is -3.49. The molecular formula is C17H20N6O2S2. The Morgan fingerprint density at radius 3 is 2.44 bits per heavy atom. The fourth-order valence-corrected chi connectivity index (χ4v) is 4.67. The van der Waals surface area contributed by atoms with E-state index in [4.69, 9.17) is 0 Å². The summed E-state index contributed by atoms with van der Waals surface area (Å²) in [6.07, 6.45) is 1.40. The minimum atomic E-state index is -3.49. The minimum Gasteiger partial charge on any atom is -0.249 e. The van der Waals surface area contributed by atoms with Crippen LogP contribution in [-0.2, 0) is 15.8 Å². The van der Waals surface area contributed by atoms with Gasteiger partial charge < -0.3 is 0 Å². The summed E-state index contributed by atoms with van der Waals surface area (Å²) in [6, 6.07) is 12.9. The van der Waals surface area contributed by atoms with Gasteiger partial charge in [-0.05, 0) is 34.7 Å². The summed E-state index contributed by atoms with van der Waals surface area (Å²) in [4.78, 5) is 4.48. The average molecular weight is 405 g/mol. The van der Waals surface area contributed by atoms with Crippen LogP contribution in [0.4, 0.5) is 0 Å². The van der Waals surface area contributed by atoms with Gasteiger partial charge in [0.2, 0.25) is 10.0 Å². The van der Waals surface area contributed by atoms with Crippen molar-refractivity contribution in [1.82, 2.24) is 29.5 Å². The highest BCUT2D eigenvalue weighted by Crippen LogP contribution is 2.23. The van der Waals surface area contributed by atoms with Crippen LogP contribution in [0, 0.1) is 0 Å². The Bertz CT molecular complexity index is 970. The third-order valence-electron chi connectivity index (χ3n) is 3.94. The second-order valence-electron chi connectivity index (χ2n) is 5.55. The first-order chi connectivity index (χ1) is 13.1. The highest BCUT2D eigenvalue weighted by atomic mass is 32.2. The van der Waals surface area contributed by atoms with E-state index in [2.05, 4.69) is 20.5 Å². The van der Waals surface area contributed by atoms with Crippen molar-refractivity contribution in [3.8, 4) is 5.69 Å². The Kier molecular flexibility index (Phi) is 6.19. The predicted molar refractivity (Wildman–Crippen MR) is 103 cm³/mol. The molecule has 0 fully saturated rings. The van der Waals surface area contributed by atoms with E-state index in [-0.39, 0.29) is 4.90 Å². The van der Waals surface area contributed by atoms with E-state index in [1.807, 2.05) is 44.2 Å². The molecule has 0 saturated heterocycles. The van der Waals surface area contributed by atoms with Gasteiger partial charge in [0.05, 0.1) is 16.5 Å². The molecule has 0 radical (unpaired) electrons. The van der Waals surface area contributed by atoms with Crippen molar-refractivity contribution in [1.29, 1.82) is 0 Å². The Morgan fingerprint density at radius 2 is 1.81 bits per heavy atom. The first-order valence-corrected chi connectivity index (χ1v) is 10.9. The van der Waals surface area contributed by atoms with Gasteiger partial charge in [0.15, 0.2) is 5.82 Å². The SMILES string of the molecule is CCN(CC)S(=O)(=O)c1ccc(SCc2nnnn2-c2ccccc2)nc1. The first kappa shape index (κ1) is 19.5. The maximum atomic E-state index is 12.5. The van der Waals surface area contributed by atoms with Crippen LogP contribution in [-0.4, -0.2) is 51.0 Å². The number of tetrazole rings is 1. The number of hydrogen-bond donors (Lipinski definition) is 0. The van der Waals surface area contributed by atoms with Gasteiger partial charge in [0.1, 0.15) is 4.90 Å². The largest absolute Gasteiger partial charge is 0.249 e. The maximum Gasteiger partial charge on any atom is 0.244 e. The Morgan fingerprint density at radius 1 is 1.07 bits per heavy atom. The summed E-state index contributed by atoms with van der Waals surface area (Å²) in [6.45, 7) is 4.49. The Labute approximate surface area is 162 Å². The summed E-state index contributed by atoms with van der Waals surface area (Å²) in [5, 5.41) is 12.5. The second kappa shape index (κ2) is 8.59. The monoisotopic (exact) mass is 404 g/mol. The molecule has 10 heteroatoms. The zero-order valence-electron chi connectivity index (χ0n) is 15.1. The van der Waals surface area contributed by atoms with Crippen LogP contribution in [0.25, 0.3) is 5.69 Å². The first-order valence-electron chi connectivity index (χ1n) is 8.48. The van der Waals surface area contributed by atoms with Gasteiger partial charge in [0.25, 0.3) is 0 Å². The predicted octanol–water partition coefficient (Wildman–Crippen LogP) is 2.38. The molecule has 2 heterocycles. The van der Waals surface area contributed by atoms with Crippen molar-refractivity contribution in [2.24, 2.45) is 0 Å². The fourth-order valence-electron chi connectivity index (χ4n) is 2.52. The number of aromatic nitrogens is 5. The van der Waals surface area contributed by atoms with Gasteiger partial charge in [-0.1, -0.05) is 43.8 Å². The molecule has 3 rings (SSSR count). The van der Waals surface area contributed by atoms with E-state index < -0.39 is 10.0 Å². The molecule has 27 heavy (non-hydrogen) atoms. The molecule has 0 aliphatic carbocycles. The molecule has 3 aromatic rings. The summed E-state index contributed by atoms with van der Waals surface area (Å²) in [5.41, 5.74) is 0.881. The molecule has 0 bridgehead atoms. The summed E-state index contributed by atoms with van der Waals surface area (Å²) in [5.74, 6) is 1.20. The molecule has 142 valence electrons. The van der Waals surface area contributed by atoms with Crippen molar-refractivity contribution in [2.75, 3.05) is 13.1 Å². The normalized spacial score (nSPS) is 11.8. The number of pyridine rings is 1. The van der Waals surface area contributed by atoms with Gasteiger partial charge >= 0.3 is 0 Å². The van der Waals surface area contributed by atoms with Crippen LogP contribution in [0.3, 0.4) is 0 Å². The number of benzene rings is 1. The lowest BCUT2D eigenvalue weighted by Gasteiger charge is -2.18.